The minimum atomic E-state index is -6.12. The molecule has 14 heteroatoms. The molecule has 0 spiro atoms. The second kappa shape index (κ2) is 5.73. The van der Waals surface area contributed by atoms with Gasteiger partial charge in [-0.25, -0.2) is 0 Å². The van der Waals surface area contributed by atoms with E-state index in [0.717, 1.165) is 0 Å². The third-order valence-electron chi connectivity index (χ3n) is 1.06. The van der Waals surface area contributed by atoms with E-state index in [0.29, 0.717) is 0 Å². The third-order valence-corrected chi connectivity index (χ3v) is 2.42. The van der Waals surface area contributed by atoms with Crippen LogP contribution in [0.5, 0.6) is 0 Å². The average molecular weight is 562 g/mol. The van der Waals surface area contributed by atoms with Gasteiger partial charge in [0, 0.05) is 0 Å². The summed E-state index contributed by atoms with van der Waals surface area (Å²) in [6, 6.07) is -5.30. The molecule has 0 aromatic carbocycles. The van der Waals surface area contributed by atoms with E-state index in [1.165, 1.54) is 0 Å². The molecule has 0 heterocycles. The second-order valence-corrected chi connectivity index (χ2v) is 4.52. The first-order chi connectivity index (χ1) is 8.79. The minimum absolute atomic E-state index is 1.04. The van der Waals surface area contributed by atoms with Crippen molar-refractivity contribution in [3.8, 4) is 0 Å². The molecule has 0 bridgehead atoms. The normalized spacial score (nSPS) is 15.1. The fourth-order valence-electron chi connectivity index (χ4n) is 0.514. The fraction of sp³-hybridized carbons (Fsp3) is 0.500. The van der Waals surface area contributed by atoms with E-state index in [-0.39, 0.29) is 0 Å². The van der Waals surface area contributed by atoms with Crippen LogP contribution in [0.25, 0.3) is 0 Å². The SMILES string of the molecule is FC(F)=COC(F)([O][Cf]=[C](F)F)C(F)(F)OC(F)(F)F. The summed E-state index contributed by atoms with van der Waals surface area (Å²) in [5, 5.41) is 3.17. The van der Waals surface area contributed by atoms with Crippen LogP contribution < -0.4 is 0 Å². The summed E-state index contributed by atoms with van der Waals surface area (Å²) in [5.41, 5.74) is 0. The van der Waals surface area contributed by atoms with Crippen LogP contribution in [0.2, 0.25) is 0 Å². The van der Waals surface area contributed by atoms with E-state index in [4.69, 9.17) is 0 Å². The Balaban J connectivity index is 5.38. The molecule has 3 nitrogen and oxygen atoms in total. The predicted molar refractivity (Wildman–Crippen MR) is 35.6 cm³/mol. The first kappa shape index (κ1) is 17.6. The van der Waals surface area contributed by atoms with Gasteiger partial charge >= 0.3 is 96.3 Å². The molecule has 0 amide bonds. The van der Waals surface area contributed by atoms with Crippen molar-refractivity contribution in [2.45, 2.75) is 18.5 Å². The summed E-state index contributed by atoms with van der Waals surface area (Å²) in [6.45, 7) is -2.70. The Kier molecular flexibility index (Phi) is 5.05. The van der Waals surface area contributed by atoms with Crippen molar-refractivity contribution < 1.29 is 58.5 Å². The Bertz CT molecular complexity index is 363. The third kappa shape index (κ3) is 5.51. The molecule has 0 aromatic rings. The molecule has 0 aliphatic rings. The zero-order valence-corrected chi connectivity index (χ0v) is 11.0. The van der Waals surface area contributed by atoms with Gasteiger partial charge in [-0.05, 0) is 0 Å². The van der Waals surface area contributed by atoms with Crippen LogP contribution in [0.4, 0.5) is 43.9 Å². The van der Waals surface area contributed by atoms with Crippen molar-refractivity contribution in [1.82, 2.24) is 0 Å². The van der Waals surface area contributed by atoms with Crippen LogP contribution in [0.1, 0.15) is 0 Å². The number of alkyl halides is 6. The quantitative estimate of drug-likeness (QED) is 0.282. The molecular formula is C6HCfF10O3. The van der Waals surface area contributed by atoms with Gasteiger partial charge in [-0.1, -0.05) is 0 Å². The van der Waals surface area contributed by atoms with Gasteiger partial charge in [0.15, 0.2) is 0 Å². The van der Waals surface area contributed by atoms with E-state index < -0.39 is 37.8 Å². The molecule has 0 saturated carbocycles. The first-order valence-electron chi connectivity index (χ1n) is 3.77. The molecule has 0 aliphatic carbocycles. The molecule has 0 N–H and O–H groups in total. The van der Waals surface area contributed by atoms with Crippen LogP contribution >= 0.6 is 0 Å². The average Bonchev–Trinajstić information content (AvgIpc) is 2.19. The Morgan fingerprint density at radius 1 is 0.900 bits per heavy atom. The van der Waals surface area contributed by atoms with Gasteiger partial charge in [-0.2, -0.15) is 0 Å². The van der Waals surface area contributed by atoms with Crippen LogP contribution in [-0.2, 0) is 14.6 Å². The van der Waals surface area contributed by atoms with E-state index >= 15 is 0 Å². The molecule has 0 aromatic heterocycles. The number of hydrogen-bond donors (Lipinski definition) is 0. The van der Waals surface area contributed by atoms with Gasteiger partial charge < -0.3 is 0 Å². The Morgan fingerprint density at radius 3 is 1.75 bits per heavy atom. The maximum absolute atomic E-state index is 13.3. The monoisotopic (exact) mass is 560 g/mol. The van der Waals surface area contributed by atoms with Gasteiger partial charge in [0.25, 0.3) is 0 Å². The van der Waals surface area contributed by atoms with Crippen LogP contribution in [0, 0.1) is 0 Å². The van der Waals surface area contributed by atoms with Crippen molar-refractivity contribution in [2.75, 3.05) is 0 Å². The molecule has 0 saturated heterocycles. The molecule has 123 valence electrons. The molecule has 0 radical (unpaired) electrons. The molecule has 0 rings (SSSR count). The van der Waals surface area contributed by atoms with Crippen LogP contribution in [-0.4, -0.2) is 25.4 Å². The Labute approximate surface area is 97.6 Å². The predicted octanol–water partition coefficient (Wildman–Crippen LogP) is 3.54. The van der Waals surface area contributed by atoms with E-state index in [1.807, 2.05) is 4.74 Å². The zero-order chi connectivity index (χ0) is 16.2. The number of hydrogen-bond acceptors (Lipinski definition) is 3. The summed E-state index contributed by atoms with van der Waals surface area (Å²) in [6.07, 6.45) is -16.1. The van der Waals surface area contributed by atoms with Crippen molar-refractivity contribution >= 4 is 6.93 Å². The van der Waals surface area contributed by atoms with Crippen LogP contribution in [0.3, 0.4) is 0 Å². The Hall–Kier alpha value is -2.37. The number of ether oxygens (including phenoxy) is 2. The molecule has 20 heavy (non-hydrogen) atoms. The topological polar surface area (TPSA) is 27.7 Å². The summed E-state index contributed by atoms with van der Waals surface area (Å²) < 4.78 is 121. The summed E-state index contributed by atoms with van der Waals surface area (Å²) in [7, 11) is 0. The maximum atomic E-state index is 13.3. The molecular weight excluding hydrogens is 561 g/mol. The summed E-state index contributed by atoms with van der Waals surface area (Å²) in [4.78, 5) is 0. The van der Waals surface area contributed by atoms with E-state index in [2.05, 4.69) is 9.84 Å². The molecule has 0 fully saturated rings. The molecule has 1 atom stereocenters. The van der Waals surface area contributed by atoms with Gasteiger partial charge in [-0.15, -0.1) is 0 Å². The standard InChI is InChI=1S/C5HF8O3.CF2.Cf/c6-2(7)1-15-4(10,14)3(8,9)16-5(11,12)13;2-1-3;/h1H;;/q-1;;+1. The van der Waals surface area contributed by atoms with Gasteiger partial charge in [0.05, 0.1) is 0 Å². The van der Waals surface area contributed by atoms with Gasteiger partial charge in [0.2, 0.25) is 0 Å². The van der Waals surface area contributed by atoms with Crippen molar-refractivity contribution in [3.05, 3.63) is 12.3 Å². The van der Waals surface area contributed by atoms with Crippen molar-refractivity contribution in [1.29, 1.82) is 0 Å². The van der Waals surface area contributed by atoms with Gasteiger partial charge in [-0.3, -0.25) is 0 Å². The Morgan fingerprint density at radius 2 is 1.40 bits per heavy atom. The molecule has 0 aliphatic heterocycles. The summed E-state index contributed by atoms with van der Waals surface area (Å²) in [5.74, 6) is 0. The zero-order valence-electron chi connectivity index (χ0n) is 8.40. The first-order valence-corrected chi connectivity index (χ1v) is 6.16. The summed E-state index contributed by atoms with van der Waals surface area (Å²) >= 11 is 0. The number of halogens is 10. The second-order valence-electron chi connectivity index (χ2n) is 2.45. The van der Waals surface area contributed by atoms with Crippen molar-refractivity contribution in [2.24, 2.45) is 0 Å². The molecule has 1 unspecified atom stereocenters. The van der Waals surface area contributed by atoms with E-state index in [1.54, 1.807) is 0 Å². The van der Waals surface area contributed by atoms with Crippen LogP contribution in [0.15, 0.2) is 12.3 Å². The van der Waals surface area contributed by atoms with Crippen molar-refractivity contribution in [3.63, 3.8) is 0 Å². The van der Waals surface area contributed by atoms with Gasteiger partial charge in [0.1, 0.15) is 0 Å². The number of rotatable bonds is 6. The fourth-order valence-corrected chi connectivity index (χ4v) is 1.50. The van der Waals surface area contributed by atoms with E-state index in [9.17, 15) is 43.9 Å².